The van der Waals surface area contributed by atoms with E-state index in [1.165, 1.54) is 4.80 Å². The van der Waals surface area contributed by atoms with Crippen LogP contribution in [0, 0.1) is 0 Å². The van der Waals surface area contributed by atoms with Crippen molar-refractivity contribution < 1.29 is 14.3 Å². The van der Waals surface area contributed by atoms with Crippen LogP contribution in [0.5, 0.6) is 11.5 Å². The number of hydrogen-bond donors (Lipinski definition) is 1. The van der Waals surface area contributed by atoms with Gasteiger partial charge in [-0.1, -0.05) is 18.2 Å². The number of rotatable bonds is 7. The molecular weight excluding hydrogens is 420 g/mol. The molecule has 1 fully saturated rings. The zero-order valence-corrected chi connectivity index (χ0v) is 19.5. The highest BCUT2D eigenvalue weighted by atomic mass is 16.5. The molecule has 9 nitrogen and oxygen atoms in total. The number of carbonyl (C=O) groups is 1. The van der Waals surface area contributed by atoms with Crippen molar-refractivity contribution in [1.82, 2.24) is 30.4 Å². The summed E-state index contributed by atoms with van der Waals surface area (Å²) in [5.74, 6) is 1.90. The molecule has 0 unspecified atom stereocenters. The van der Waals surface area contributed by atoms with Crippen LogP contribution in [0.15, 0.2) is 42.5 Å². The number of nitrogens with one attached hydrogen (secondary N) is 1. The molecule has 1 aliphatic rings. The SMILES string of the molecule is CCn1nnc(-c2cccc(C(=O)N[C@@H]3CCN(C)C[C@@H]3c3ccc(OC)c(OC)c3)c2)n1. The highest BCUT2D eigenvalue weighted by molar-refractivity contribution is 5.95. The molecule has 2 aromatic carbocycles. The predicted molar refractivity (Wildman–Crippen MR) is 125 cm³/mol. The van der Waals surface area contributed by atoms with E-state index < -0.39 is 0 Å². The topological polar surface area (TPSA) is 94.4 Å². The molecule has 2 atom stereocenters. The third-order valence-electron chi connectivity index (χ3n) is 6.09. The van der Waals surface area contributed by atoms with E-state index >= 15 is 0 Å². The Balaban J connectivity index is 1.55. The molecule has 4 rings (SSSR count). The summed E-state index contributed by atoms with van der Waals surface area (Å²) < 4.78 is 10.9. The first kappa shape index (κ1) is 22.7. The summed E-state index contributed by atoms with van der Waals surface area (Å²) in [6.07, 6.45) is 0.854. The number of hydrogen-bond acceptors (Lipinski definition) is 7. The smallest absolute Gasteiger partial charge is 0.251 e. The number of benzene rings is 2. The lowest BCUT2D eigenvalue weighted by Crippen LogP contribution is -2.48. The number of tetrazole rings is 1. The van der Waals surface area contributed by atoms with E-state index in [-0.39, 0.29) is 17.9 Å². The van der Waals surface area contributed by atoms with Crippen LogP contribution in [0.3, 0.4) is 0 Å². The van der Waals surface area contributed by atoms with E-state index in [9.17, 15) is 4.79 Å². The second-order valence-corrected chi connectivity index (χ2v) is 8.23. The van der Waals surface area contributed by atoms with Gasteiger partial charge in [-0.3, -0.25) is 4.79 Å². The van der Waals surface area contributed by atoms with Gasteiger partial charge in [-0.2, -0.15) is 4.80 Å². The maximum Gasteiger partial charge on any atom is 0.251 e. The van der Waals surface area contributed by atoms with Crippen molar-refractivity contribution in [2.75, 3.05) is 34.4 Å². The van der Waals surface area contributed by atoms with Gasteiger partial charge in [-0.25, -0.2) is 0 Å². The normalized spacial score (nSPS) is 18.7. The third kappa shape index (κ3) is 4.98. The number of likely N-dealkylation sites (N-methyl/N-ethyl adjacent to an activating group) is 1. The lowest BCUT2D eigenvalue weighted by molar-refractivity contribution is 0.0904. The first-order valence-corrected chi connectivity index (χ1v) is 11.1. The van der Waals surface area contributed by atoms with Crippen molar-refractivity contribution in [2.24, 2.45) is 0 Å². The fourth-order valence-electron chi connectivity index (χ4n) is 4.25. The number of piperidine rings is 1. The Hall–Kier alpha value is -3.46. The van der Waals surface area contributed by atoms with Crippen molar-refractivity contribution in [2.45, 2.75) is 31.8 Å². The van der Waals surface area contributed by atoms with Crippen LogP contribution in [0.1, 0.15) is 35.2 Å². The molecule has 174 valence electrons. The molecule has 3 aromatic rings. The largest absolute Gasteiger partial charge is 0.493 e. The summed E-state index contributed by atoms with van der Waals surface area (Å²) in [5, 5.41) is 15.7. The van der Waals surface area contributed by atoms with E-state index in [4.69, 9.17) is 9.47 Å². The van der Waals surface area contributed by atoms with Crippen LogP contribution in [-0.2, 0) is 6.54 Å². The molecular formula is C24H30N6O3. The summed E-state index contributed by atoms with van der Waals surface area (Å²) in [7, 11) is 5.36. The van der Waals surface area contributed by atoms with Gasteiger partial charge in [0.25, 0.3) is 5.91 Å². The molecule has 0 saturated carbocycles. The van der Waals surface area contributed by atoms with Crippen LogP contribution in [0.2, 0.25) is 0 Å². The second-order valence-electron chi connectivity index (χ2n) is 8.23. The molecule has 0 radical (unpaired) electrons. The van der Waals surface area contributed by atoms with Gasteiger partial charge < -0.3 is 19.7 Å². The minimum absolute atomic E-state index is 0.00505. The molecule has 9 heteroatoms. The lowest BCUT2D eigenvalue weighted by Gasteiger charge is -2.37. The number of aromatic nitrogens is 4. The molecule has 0 spiro atoms. The first-order chi connectivity index (χ1) is 16.0. The second kappa shape index (κ2) is 9.99. The minimum atomic E-state index is -0.111. The Bertz CT molecular complexity index is 1120. The van der Waals surface area contributed by atoms with Crippen molar-refractivity contribution in [3.05, 3.63) is 53.6 Å². The van der Waals surface area contributed by atoms with Crippen molar-refractivity contribution in [1.29, 1.82) is 0 Å². The Morgan fingerprint density at radius 1 is 1.15 bits per heavy atom. The number of methoxy groups -OCH3 is 2. The molecule has 33 heavy (non-hydrogen) atoms. The third-order valence-corrected chi connectivity index (χ3v) is 6.09. The zero-order valence-electron chi connectivity index (χ0n) is 19.5. The van der Waals surface area contributed by atoms with Crippen LogP contribution < -0.4 is 14.8 Å². The molecule has 2 heterocycles. The highest BCUT2D eigenvalue weighted by Gasteiger charge is 2.31. The Morgan fingerprint density at radius 2 is 1.97 bits per heavy atom. The number of nitrogens with zero attached hydrogens (tertiary/aromatic N) is 5. The van der Waals surface area contributed by atoms with Crippen molar-refractivity contribution in [3.63, 3.8) is 0 Å². The quantitative estimate of drug-likeness (QED) is 0.591. The van der Waals surface area contributed by atoms with Crippen LogP contribution in [0.4, 0.5) is 0 Å². The van der Waals surface area contributed by atoms with Gasteiger partial charge >= 0.3 is 0 Å². The average molecular weight is 451 g/mol. The van der Waals surface area contributed by atoms with Gasteiger partial charge in [0.1, 0.15) is 0 Å². The number of amides is 1. The Labute approximate surface area is 193 Å². The van der Waals surface area contributed by atoms with Gasteiger partial charge in [0, 0.05) is 29.6 Å². The van der Waals surface area contributed by atoms with Gasteiger partial charge in [-0.05, 0) is 62.0 Å². The molecule has 1 aromatic heterocycles. The molecule has 0 bridgehead atoms. The summed E-state index contributed by atoms with van der Waals surface area (Å²) in [6.45, 7) is 4.34. The van der Waals surface area contributed by atoms with Crippen molar-refractivity contribution in [3.8, 4) is 22.9 Å². The van der Waals surface area contributed by atoms with Gasteiger partial charge in [-0.15, -0.1) is 10.2 Å². The molecule has 1 saturated heterocycles. The van der Waals surface area contributed by atoms with E-state index in [1.54, 1.807) is 14.2 Å². The Morgan fingerprint density at radius 3 is 2.70 bits per heavy atom. The van der Waals surface area contributed by atoms with E-state index in [0.29, 0.717) is 29.4 Å². The monoisotopic (exact) mass is 450 g/mol. The molecule has 1 aliphatic heterocycles. The molecule has 1 amide bonds. The van der Waals surface area contributed by atoms with E-state index in [2.05, 4.69) is 32.7 Å². The van der Waals surface area contributed by atoms with Crippen LogP contribution >= 0.6 is 0 Å². The fourth-order valence-corrected chi connectivity index (χ4v) is 4.25. The average Bonchev–Trinajstić information content (AvgIpc) is 3.34. The Kier molecular flexibility index (Phi) is 6.88. The van der Waals surface area contributed by atoms with Gasteiger partial charge in [0.05, 0.1) is 20.8 Å². The summed E-state index contributed by atoms with van der Waals surface area (Å²) in [4.78, 5) is 17.0. The highest BCUT2D eigenvalue weighted by Crippen LogP contribution is 2.34. The number of ether oxygens (including phenoxy) is 2. The van der Waals surface area contributed by atoms with Gasteiger partial charge in [0.15, 0.2) is 11.5 Å². The van der Waals surface area contributed by atoms with Crippen LogP contribution in [0.25, 0.3) is 11.4 Å². The minimum Gasteiger partial charge on any atom is -0.493 e. The maximum atomic E-state index is 13.2. The maximum absolute atomic E-state index is 13.2. The van der Waals surface area contributed by atoms with Crippen molar-refractivity contribution >= 4 is 5.91 Å². The molecule has 0 aliphatic carbocycles. The van der Waals surface area contributed by atoms with Gasteiger partial charge in [0.2, 0.25) is 5.82 Å². The number of carbonyl (C=O) groups excluding carboxylic acids is 1. The summed E-state index contributed by atoms with van der Waals surface area (Å²) >= 11 is 0. The summed E-state index contributed by atoms with van der Waals surface area (Å²) in [6, 6.07) is 13.3. The standard InChI is InChI=1S/C24H30N6O3/c1-5-30-27-23(26-28-30)17-7-6-8-18(13-17)24(31)25-20-11-12-29(2)15-19(20)16-9-10-21(32-3)22(14-16)33-4/h6-10,13-14,19-20H,5,11-12,15H2,1-4H3,(H,25,31)/t19-,20-/m1/s1. The first-order valence-electron chi connectivity index (χ1n) is 11.1. The van der Waals surface area contributed by atoms with E-state index in [0.717, 1.165) is 30.6 Å². The lowest BCUT2D eigenvalue weighted by atomic mass is 9.85. The predicted octanol–water partition coefficient (Wildman–Crippen LogP) is 2.59. The zero-order chi connectivity index (χ0) is 23.4. The summed E-state index contributed by atoms with van der Waals surface area (Å²) in [5.41, 5.74) is 2.45. The van der Waals surface area contributed by atoms with Crippen LogP contribution in [-0.4, -0.2) is 71.4 Å². The fraction of sp³-hybridized carbons (Fsp3) is 0.417. The molecule has 1 N–H and O–H groups in total. The number of likely N-dealkylation sites (tertiary alicyclic amines) is 1. The number of aryl methyl sites for hydroxylation is 1. The van der Waals surface area contributed by atoms with E-state index in [1.807, 2.05) is 49.4 Å².